The summed E-state index contributed by atoms with van der Waals surface area (Å²) in [6, 6.07) is 9.40. The van der Waals surface area contributed by atoms with E-state index < -0.39 is 63.8 Å². The molecule has 38 heavy (non-hydrogen) atoms. The molecule has 1 aliphatic heterocycles. The average Bonchev–Trinajstić information content (AvgIpc) is 3.29. The van der Waals surface area contributed by atoms with Gasteiger partial charge in [-0.2, -0.15) is 0 Å². The van der Waals surface area contributed by atoms with Crippen LogP contribution in [0.5, 0.6) is 0 Å². The van der Waals surface area contributed by atoms with Crippen LogP contribution in [0.3, 0.4) is 0 Å². The van der Waals surface area contributed by atoms with Crippen LogP contribution in [-0.4, -0.2) is 41.2 Å². The fourth-order valence-electron chi connectivity index (χ4n) is 8.67. The van der Waals surface area contributed by atoms with Crippen LogP contribution in [0.1, 0.15) is 52.0 Å². The summed E-state index contributed by atoms with van der Waals surface area (Å²) in [6.45, 7) is 8.80. The van der Waals surface area contributed by atoms with Crippen molar-refractivity contribution in [3.05, 3.63) is 60.2 Å². The van der Waals surface area contributed by atoms with Gasteiger partial charge in [0, 0.05) is 25.7 Å². The van der Waals surface area contributed by atoms with E-state index in [0.717, 1.165) is 11.1 Å². The molecule has 1 heterocycles. The summed E-state index contributed by atoms with van der Waals surface area (Å²) in [4.78, 5) is 51.9. The molecule has 0 aromatic heterocycles. The summed E-state index contributed by atoms with van der Waals surface area (Å²) >= 11 is 0. The summed E-state index contributed by atoms with van der Waals surface area (Å²) in [5.74, 6) is -3.42. The molecule has 0 amide bonds. The van der Waals surface area contributed by atoms with E-state index in [-0.39, 0.29) is 12.5 Å². The number of rotatable bonds is 5. The van der Waals surface area contributed by atoms with Crippen molar-refractivity contribution in [2.24, 2.45) is 28.6 Å². The van der Waals surface area contributed by atoms with E-state index in [1.807, 2.05) is 36.4 Å². The third-order valence-corrected chi connectivity index (χ3v) is 9.90. The Bertz CT molecular complexity index is 1280. The molecule has 200 valence electrons. The molecule has 8 nitrogen and oxygen atoms in total. The van der Waals surface area contributed by atoms with Crippen molar-refractivity contribution in [3.63, 3.8) is 0 Å². The van der Waals surface area contributed by atoms with Crippen LogP contribution in [0, 0.1) is 28.6 Å². The zero-order chi connectivity index (χ0) is 27.1. The van der Waals surface area contributed by atoms with Gasteiger partial charge in [0.2, 0.25) is 0 Å². The fraction of sp³-hybridized carbons (Fsp3) is 0.533. The Hall–Kier alpha value is -3.42. The minimum atomic E-state index is -1.28. The van der Waals surface area contributed by atoms with Gasteiger partial charge >= 0.3 is 23.9 Å². The molecule has 1 aromatic rings. The second-order valence-electron chi connectivity index (χ2n) is 11.8. The predicted molar refractivity (Wildman–Crippen MR) is 133 cm³/mol. The highest BCUT2D eigenvalue weighted by Crippen LogP contribution is 2.78. The van der Waals surface area contributed by atoms with Gasteiger partial charge in [-0.05, 0) is 61.3 Å². The molecule has 1 spiro atoms. The van der Waals surface area contributed by atoms with E-state index in [1.165, 1.54) is 13.8 Å². The SMILES string of the molecule is C=C1C[C@]23C[C@@]1(OC(C)=O)CC[C@H]2[C@@]12C=C[C@H](OC(C)=O)[C@](C)(C(=O)O1)[C@H]2[C@@H]3C(=O)OCc1ccccc1. The maximum absolute atomic E-state index is 14.2. The van der Waals surface area contributed by atoms with Gasteiger partial charge in [-0.25, -0.2) is 0 Å². The molecule has 4 bridgehead atoms. The summed E-state index contributed by atoms with van der Waals surface area (Å²) in [5, 5.41) is 0. The van der Waals surface area contributed by atoms with Crippen LogP contribution in [-0.2, 0) is 44.7 Å². The van der Waals surface area contributed by atoms with Gasteiger partial charge in [0.05, 0.1) is 5.92 Å². The predicted octanol–water partition coefficient (Wildman–Crippen LogP) is 3.83. The topological polar surface area (TPSA) is 105 Å². The smallest absolute Gasteiger partial charge is 0.317 e. The lowest BCUT2D eigenvalue weighted by molar-refractivity contribution is -0.172. The number of ether oxygens (including phenoxy) is 4. The summed E-state index contributed by atoms with van der Waals surface area (Å²) in [5.41, 5.74) is -2.27. The molecule has 1 saturated heterocycles. The number of hydrogen-bond acceptors (Lipinski definition) is 8. The van der Waals surface area contributed by atoms with Crippen LogP contribution < -0.4 is 0 Å². The Balaban J connectivity index is 1.47. The van der Waals surface area contributed by atoms with Gasteiger partial charge < -0.3 is 18.9 Å². The molecule has 1 aromatic carbocycles. The average molecular weight is 521 g/mol. The number of carbonyl (C=O) groups is 4. The number of hydrogen-bond donors (Lipinski definition) is 0. The van der Waals surface area contributed by atoms with Crippen molar-refractivity contribution >= 4 is 23.9 Å². The summed E-state index contributed by atoms with van der Waals surface area (Å²) in [7, 11) is 0. The van der Waals surface area contributed by atoms with Crippen molar-refractivity contribution < 1.29 is 38.1 Å². The van der Waals surface area contributed by atoms with Crippen LogP contribution in [0.25, 0.3) is 0 Å². The number of carbonyl (C=O) groups excluding carboxylic acids is 4. The monoisotopic (exact) mass is 520 g/mol. The van der Waals surface area contributed by atoms with E-state index in [4.69, 9.17) is 18.9 Å². The Kier molecular flexibility index (Phi) is 5.27. The van der Waals surface area contributed by atoms with Gasteiger partial charge in [0.15, 0.2) is 0 Å². The van der Waals surface area contributed by atoms with Crippen LogP contribution in [0.4, 0.5) is 0 Å². The van der Waals surface area contributed by atoms with Crippen LogP contribution in [0.2, 0.25) is 0 Å². The Morgan fingerprint density at radius 1 is 1.13 bits per heavy atom. The lowest BCUT2D eigenvalue weighted by Crippen LogP contribution is -2.52. The molecule has 8 atom stereocenters. The quantitative estimate of drug-likeness (QED) is 0.328. The van der Waals surface area contributed by atoms with E-state index in [9.17, 15) is 19.2 Å². The molecule has 6 rings (SSSR count). The molecule has 4 aliphatic carbocycles. The maximum Gasteiger partial charge on any atom is 0.317 e. The highest BCUT2D eigenvalue weighted by molar-refractivity contribution is 5.87. The summed E-state index contributed by atoms with van der Waals surface area (Å²) in [6.07, 6.45) is 4.68. The van der Waals surface area contributed by atoms with Crippen LogP contribution in [0.15, 0.2) is 54.6 Å². The first-order valence-corrected chi connectivity index (χ1v) is 13.2. The number of fused-ring (bicyclic) bond motifs is 1. The van der Waals surface area contributed by atoms with E-state index in [0.29, 0.717) is 25.7 Å². The molecule has 0 N–H and O–H groups in total. The Labute approximate surface area is 221 Å². The minimum Gasteiger partial charge on any atom is -0.461 e. The molecule has 0 radical (unpaired) electrons. The first-order chi connectivity index (χ1) is 18.0. The zero-order valence-corrected chi connectivity index (χ0v) is 21.9. The Morgan fingerprint density at radius 3 is 2.55 bits per heavy atom. The second kappa shape index (κ2) is 8.04. The molecular weight excluding hydrogens is 488 g/mol. The third-order valence-electron chi connectivity index (χ3n) is 9.90. The van der Waals surface area contributed by atoms with Gasteiger partial charge in [-0.1, -0.05) is 36.9 Å². The Morgan fingerprint density at radius 2 is 1.87 bits per heavy atom. The minimum absolute atomic E-state index is 0.0847. The second-order valence-corrected chi connectivity index (χ2v) is 11.8. The van der Waals surface area contributed by atoms with Crippen molar-refractivity contribution in [3.8, 4) is 0 Å². The molecule has 0 unspecified atom stereocenters. The third kappa shape index (κ3) is 3.09. The van der Waals surface area contributed by atoms with E-state index >= 15 is 0 Å². The molecular formula is C30H32O8. The van der Waals surface area contributed by atoms with Gasteiger partial charge in [0.1, 0.15) is 29.3 Å². The highest BCUT2D eigenvalue weighted by Gasteiger charge is 2.84. The largest absolute Gasteiger partial charge is 0.461 e. The molecule has 4 fully saturated rings. The maximum atomic E-state index is 14.2. The standard InChI is InChI=1S/C30H32O8/c1-17-14-28-16-29(17,37-19(3)32)12-10-21(28)30-13-11-22(36-18(2)31)27(4,26(34)38-30)24(30)23(28)25(33)35-15-20-8-6-5-7-9-20/h5-9,11,13,21-24H,1,10,12,14-16H2,2-4H3/t21-,22+,23-,24-,27+,28+,29+,30-/m1/s1. The lowest BCUT2D eigenvalue weighted by atomic mass is 9.61. The van der Waals surface area contributed by atoms with E-state index in [1.54, 1.807) is 13.0 Å². The van der Waals surface area contributed by atoms with Crippen LogP contribution >= 0.6 is 0 Å². The zero-order valence-electron chi connectivity index (χ0n) is 21.9. The fourth-order valence-corrected chi connectivity index (χ4v) is 8.67. The van der Waals surface area contributed by atoms with Gasteiger partial charge in [0.25, 0.3) is 0 Å². The first kappa shape index (κ1) is 24.9. The molecule has 3 saturated carbocycles. The lowest BCUT2D eigenvalue weighted by Gasteiger charge is -2.45. The highest BCUT2D eigenvalue weighted by atomic mass is 16.6. The first-order valence-electron chi connectivity index (χ1n) is 13.2. The number of benzene rings is 1. The van der Waals surface area contributed by atoms with Crippen molar-refractivity contribution in [2.45, 2.75) is 70.4 Å². The molecule has 8 heteroatoms. The van der Waals surface area contributed by atoms with E-state index in [2.05, 4.69) is 6.58 Å². The summed E-state index contributed by atoms with van der Waals surface area (Å²) < 4.78 is 23.7. The van der Waals surface area contributed by atoms with Gasteiger partial charge in [-0.15, -0.1) is 0 Å². The molecule has 5 aliphatic rings. The normalized spacial score (nSPS) is 41.7. The van der Waals surface area contributed by atoms with Crippen molar-refractivity contribution in [1.29, 1.82) is 0 Å². The van der Waals surface area contributed by atoms with Crippen molar-refractivity contribution in [2.75, 3.05) is 0 Å². The van der Waals surface area contributed by atoms with Gasteiger partial charge in [-0.3, -0.25) is 19.2 Å². The number of esters is 4. The van der Waals surface area contributed by atoms with Crippen molar-refractivity contribution in [1.82, 2.24) is 0 Å².